The molecule has 0 saturated heterocycles. The van der Waals surface area contributed by atoms with Gasteiger partial charge in [-0.3, -0.25) is 4.98 Å². The maximum atomic E-state index is 4.92. The molecule has 182 valence electrons. The Labute approximate surface area is 226 Å². The quantitative estimate of drug-likeness (QED) is 0.191. The topological polar surface area (TPSA) is 12.9 Å². The number of hydrogen-bond donors (Lipinski definition) is 0. The monoisotopic (exact) mass is 495 g/mol. The van der Waals surface area contributed by atoms with Crippen LogP contribution in [-0.4, -0.2) is 4.98 Å². The van der Waals surface area contributed by atoms with Gasteiger partial charge >= 0.3 is 0 Å². The molecule has 9 rings (SSSR count). The van der Waals surface area contributed by atoms with Crippen molar-refractivity contribution in [1.29, 1.82) is 0 Å². The summed E-state index contributed by atoms with van der Waals surface area (Å²) < 4.78 is 0. The van der Waals surface area contributed by atoms with Gasteiger partial charge in [0.25, 0.3) is 0 Å². The zero-order valence-corrected chi connectivity index (χ0v) is 21.6. The van der Waals surface area contributed by atoms with Gasteiger partial charge in [-0.1, -0.05) is 103 Å². The fraction of sp³-hybridized carbons (Fsp3) is 0.0263. The molecule has 8 aromatic carbocycles. The number of hydrogen-bond acceptors (Lipinski definition) is 1. The first-order chi connectivity index (χ1) is 19.2. The molecule has 0 radical (unpaired) electrons. The van der Waals surface area contributed by atoms with E-state index >= 15 is 0 Å². The van der Waals surface area contributed by atoms with Crippen LogP contribution in [0.25, 0.3) is 75.5 Å². The first-order valence-corrected chi connectivity index (χ1v) is 13.5. The molecule has 1 heteroatoms. The molecule has 0 aliphatic carbocycles. The summed E-state index contributed by atoms with van der Waals surface area (Å²) in [5.41, 5.74) is 2.17. The average Bonchev–Trinajstić information content (AvgIpc) is 3.00. The minimum absolute atomic E-state index is 0.998. The highest BCUT2D eigenvalue weighted by atomic mass is 14.6. The van der Waals surface area contributed by atoms with Crippen LogP contribution in [0.5, 0.6) is 0 Å². The third kappa shape index (κ3) is 3.51. The molecule has 0 unspecified atom stereocenters. The molecule has 0 aliphatic rings. The Kier molecular flexibility index (Phi) is 4.80. The Bertz CT molecular complexity index is 2350. The summed E-state index contributed by atoms with van der Waals surface area (Å²) in [4.78, 5) is 4.92. The molecule has 14 bridgehead atoms. The van der Waals surface area contributed by atoms with Crippen molar-refractivity contribution in [1.82, 2.24) is 4.98 Å². The Balaban J connectivity index is 1.68. The third-order valence-corrected chi connectivity index (χ3v) is 8.17. The van der Waals surface area contributed by atoms with Crippen molar-refractivity contribution < 1.29 is 0 Å². The molecule has 1 aromatic heterocycles. The standard InChI is InChI=1S/C38H25N/c1-24-23-39-38-22-37(24)30-12-4-10-28(21-30)26-8-2-7-25(19-26)27-9-3-11-29(20-27)31-13-5-14-32-33-15-6-16-36(38)35(33)18-17-34(31)32/h2-23H,1H3. The average molecular weight is 496 g/mol. The Morgan fingerprint density at radius 1 is 0.359 bits per heavy atom. The van der Waals surface area contributed by atoms with Crippen molar-refractivity contribution in [2.24, 2.45) is 0 Å². The van der Waals surface area contributed by atoms with Crippen LogP contribution in [0.2, 0.25) is 0 Å². The van der Waals surface area contributed by atoms with Crippen molar-refractivity contribution in [2.45, 2.75) is 6.92 Å². The maximum absolute atomic E-state index is 4.92. The summed E-state index contributed by atoms with van der Waals surface area (Å²) in [5.74, 6) is 0. The van der Waals surface area contributed by atoms with Gasteiger partial charge in [0, 0.05) is 11.6 Å². The first-order valence-electron chi connectivity index (χ1n) is 13.5. The molecule has 0 amide bonds. The van der Waals surface area contributed by atoms with Crippen LogP contribution in [0.1, 0.15) is 5.56 Å². The summed E-state index contributed by atoms with van der Waals surface area (Å²) >= 11 is 0. The van der Waals surface area contributed by atoms with E-state index in [1.54, 1.807) is 0 Å². The Morgan fingerprint density at radius 2 is 0.769 bits per heavy atom. The normalized spacial score (nSPS) is 11.7. The maximum Gasteiger partial charge on any atom is 0.0714 e. The van der Waals surface area contributed by atoms with E-state index in [0.29, 0.717) is 0 Å². The minimum atomic E-state index is 0.998. The zero-order valence-electron chi connectivity index (χ0n) is 21.6. The van der Waals surface area contributed by atoms with Gasteiger partial charge in [0.15, 0.2) is 0 Å². The van der Waals surface area contributed by atoms with E-state index in [2.05, 4.69) is 134 Å². The van der Waals surface area contributed by atoms with Gasteiger partial charge in [0.1, 0.15) is 0 Å². The van der Waals surface area contributed by atoms with E-state index in [1.807, 2.05) is 6.20 Å². The molecular weight excluding hydrogens is 470 g/mol. The molecule has 1 heterocycles. The number of benzene rings is 6. The SMILES string of the molecule is Cc1cnc2cc1c1cccc(c1)c1cccc(c1)c1cccc(c1)c1cccc3c1ccc1c2cccc13. The van der Waals surface area contributed by atoms with Gasteiger partial charge in [0.2, 0.25) is 0 Å². The third-order valence-electron chi connectivity index (χ3n) is 8.17. The second-order valence-electron chi connectivity index (χ2n) is 10.5. The number of nitrogens with zero attached hydrogens (tertiary/aromatic N) is 1. The fourth-order valence-corrected chi connectivity index (χ4v) is 6.19. The summed E-state index contributed by atoms with van der Waals surface area (Å²) in [6.45, 7) is 2.15. The largest absolute Gasteiger partial charge is 0.256 e. The smallest absolute Gasteiger partial charge is 0.0714 e. The first kappa shape index (κ1) is 22.0. The summed E-state index contributed by atoms with van der Waals surface area (Å²) in [6.07, 6.45) is 2.01. The van der Waals surface area contributed by atoms with E-state index in [0.717, 1.165) is 10.9 Å². The summed E-state index contributed by atoms with van der Waals surface area (Å²) in [7, 11) is 0. The highest BCUT2D eigenvalue weighted by molar-refractivity contribution is 6.21. The van der Waals surface area contributed by atoms with E-state index in [9.17, 15) is 0 Å². The Morgan fingerprint density at radius 3 is 1.38 bits per heavy atom. The molecule has 0 atom stereocenters. The van der Waals surface area contributed by atoms with Gasteiger partial charge in [-0.15, -0.1) is 0 Å². The molecule has 0 fully saturated rings. The molecule has 0 aliphatic heterocycles. The van der Waals surface area contributed by atoms with Gasteiger partial charge in [-0.2, -0.15) is 0 Å². The second-order valence-corrected chi connectivity index (χ2v) is 10.5. The van der Waals surface area contributed by atoms with Crippen molar-refractivity contribution in [3.8, 4) is 0 Å². The van der Waals surface area contributed by atoms with Crippen molar-refractivity contribution >= 4 is 75.5 Å². The van der Waals surface area contributed by atoms with E-state index in [-0.39, 0.29) is 0 Å². The van der Waals surface area contributed by atoms with Gasteiger partial charge < -0.3 is 0 Å². The fourth-order valence-electron chi connectivity index (χ4n) is 6.19. The van der Waals surface area contributed by atoms with Crippen LogP contribution in [-0.2, 0) is 0 Å². The lowest BCUT2D eigenvalue weighted by atomic mass is 9.96. The number of pyridine rings is 1. The van der Waals surface area contributed by atoms with E-state index in [1.165, 1.54) is 70.2 Å². The molecular formula is C38H25N. The predicted octanol–water partition coefficient (Wildman–Crippen LogP) is 10.6. The van der Waals surface area contributed by atoms with Gasteiger partial charge in [0.05, 0.1) is 5.52 Å². The number of rotatable bonds is 0. The van der Waals surface area contributed by atoms with Gasteiger partial charge in [-0.25, -0.2) is 0 Å². The van der Waals surface area contributed by atoms with Crippen LogP contribution in [0.4, 0.5) is 0 Å². The van der Waals surface area contributed by atoms with E-state index in [4.69, 9.17) is 4.98 Å². The molecule has 9 aromatic rings. The summed E-state index contributed by atoms with van der Waals surface area (Å²) in [5, 5.41) is 15.9. The zero-order chi connectivity index (χ0) is 25.9. The van der Waals surface area contributed by atoms with Gasteiger partial charge in [-0.05, 0) is 101 Å². The molecule has 39 heavy (non-hydrogen) atoms. The lowest BCUT2D eigenvalue weighted by Gasteiger charge is -2.09. The van der Waals surface area contributed by atoms with Crippen LogP contribution in [0, 0.1) is 6.92 Å². The lowest BCUT2D eigenvalue weighted by molar-refractivity contribution is 1.36. The highest BCUT2D eigenvalue weighted by Crippen LogP contribution is 2.34. The van der Waals surface area contributed by atoms with Crippen LogP contribution < -0.4 is 0 Å². The van der Waals surface area contributed by atoms with Crippen molar-refractivity contribution in [2.75, 3.05) is 0 Å². The minimum Gasteiger partial charge on any atom is -0.256 e. The molecule has 1 nitrogen and oxygen atoms in total. The number of aryl methyl sites for hydroxylation is 1. The van der Waals surface area contributed by atoms with Crippen LogP contribution in [0.15, 0.2) is 134 Å². The van der Waals surface area contributed by atoms with Crippen LogP contribution in [0.3, 0.4) is 0 Å². The highest BCUT2D eigenvalue weighted by Gasteiger charge is 2.07. The Hall–Kier alpha value is -5.01. The van der Waals surface area contributed by atoms with Crippen LogP contribution >= 0.6 is 0 Å². The van der Waals surface area contributed by atoms with Crippen molar-refractivity contribution in [3.05, 3.63) is 139 Å². The lowest BCUT2D eigenvalue weighted by Crippen LogP contribution is -1.84. The number of aromatic nitrogens is 1. The van der Waals surface area contributed by atoms with E-state index < -0.39 is 0 Å². The molecule has 0 N–H and O–H groups in total. The number of fused-ring (bicyclic) bond motifs is 1. The second kappa shape index (κ2) is 8.51. The molecule has 0 spiro atoms. The van der Waals surface area contributed by atoms with Crippen molar-refractivity contribution in [3.63, 3.8) is 0 Å². The predicted molar refractivity (Wildman–Crippen MR) is 169 cm³/mol. The summed E-state index contributed by atoms with van der Waals surface area (Å²) in [6, 6.07) is 46.8. The molecule has 0 saturated carbocycles.